The van der Waals surface area contributed by atoms with Crippen molar-refractivity contribution in [1.82, 2.24) is 4.98 Å². The fourth-order valence-corrected chi connectivity index (χ4v) is 4.46. The van der Waals surface area contributed by atoms with Gasteiger partial charge in [0.15, 0.2) is 0 Å². The van der Waals surface area contributed by atoms with E-state index in [1.807, 2.05) is 6.92 Å². The average molecular weight is 529 g/mol. The Bertz CT molecular complexity index is 1190. The third kappa shape index (κ3) is 6.32. The lowest BCUT2D eigenvalue weighted by molar-refractivity contribution is -0.139. The van der Waals surface area contributed by atoms with Crippen LogP contribution in [0.4, 0.5) is 22.2 Å². The molecule has 0 atom stereocenters. The van der Waals surface area contributed by atoms with Gasteiger partial charge in [-0.2, -0.15) is 0 Å². The number of benzene rings is 2. The van der Waals surface area contributed by atoms with Gasteiger partial charge in [0.25, 0.3) is 0 Å². The van der Waals surface area contributed by atoms with Crippen LogP contribution in [0.15, 0.2) is 34.5 Å². The molecule has 0 radical (unpaired) electrons. The van der Waals surface area contributed by atoms with Gasteiger partial charge in [-0.1, -0.05) is 53.1 Å². The number of anilines is 2. The molecule has 0 spiro atoms. The van der Waals surface area contributed by atoms with Crippen LogP contribution in [0.2, 0.25) is 15.1 Å². The van der Waals surface area contributed by atoms with Gasteiger partial charge < -0.3 is 15.0 Å². The topological polar surface area (TPSA) is 96.2 Å². The van der Waals surface area contributed by atoms with E-state index in [1.165, 1.54) is 25.4 Å². The first-order valence-corrected chi connectivity index (χ1v) is 11.8. The molecular formula is C21H20Cl3N5O3S. The van der Waals surface area contributed by atoms with Crippen molar-refractivity contribution >= 4 is 90.4 Å². The molecule has 1 N–H and O–H groups in total. The minimum Gasteiger partial charge on any atom is -0.468 e. The highest BCUT2D eigenvalue weighted by molar-refractivity contribution is 7.22. The predicted octanol–water partition coefficient (Wildman–Crippen LogP) is 7.02. The van der Waals surface area contributed by atoms with Crippen LogP contribution in [0, 0.1) is 0 Å². The molecule has 1 heterocycles. The van der Waals surface area contributed by atoms with E-state index in [4.69, 9.17) is 39.5 Å². The molecule has 0 bridgehead atoms. The Labute approximate surface area is 209 Å². The van der Waals surface area contributed by atoms with Gasteiger partial charge in [0.2, 0.25) is 11.0 Å². The number of halogens is 3. The lowest BCUT2D eigenvalue weighted by Crippen LogP contribution is -2.31. The number of carbonyl (C=O) groups excluding carboxylic acids is 2. The van der Waals surface area contributed by atoms with Gasteiger partial charge in [-0.25, -0.2) is 4.98 Å². The molecular weight excluding hydrogens is 509 g/mol. The Kier molecular flexibility index (Phi) is 8.47. The lowest BCUT2D eigenvalue weighted by Gasteiger charge is -2.25. The minimum atomic E-state index is -0.402. The molecule has 12 heteroatoms. The first kappa shape index (κ1) is 25.2. The monoisotopic (exact) mass is 527 g/mol. The number of nitrogens with one attached hydrogen (secondary N) is 1. The van der Waals surface area contributed by atoms with E-state index in [0.717, 1.165) is 11.1 Å². The summed E-state index contributed by atoms with van der Waals surface area (Å²) in [6.45, 7) is 3.94. The zero-order valence-electron chi connectivity index (χ0n) is 18.0. The fourth-order valence-electron chi connectivity index (χ4n) is 2.99. The van der Waals surface area contributed by atoms with Gasteiger partial charge in [-0.05, 0) is 30.7 Å². The normalized spacial score (nSPS) is 11.2. The van der Waals surface area contributed by atoms with Crippen molar-refractivity contribution in [3.63, 3.8) is 0 Å². The van der Waals surface area contributed by atoms with E-state index in [0.29, 0.717) is 49.3 Å². The van der Waals surface area contributed by atoms with Crippen LogP contribution in [-0.4, -0.2) is 37.1 Å². The third-order valence-electron chi connectivity index (χ3n) is 4.42. The maximum Gasteiger partial charge on any atom is 0.325 e. The summed E-state index contributed by atoms with van der Waals surface area (Å²) in [6, 6.07) is 6.61. The average Bonchev–Trinajstić information content (AvgIpc) is 3.14. The van der Waals surface area contributed by atoms with Crippen molar-refractivity contribution < 1.29 is 14.3 Å². The van der Waals surface area contributed by atoms with Crippen LogP contribution < -0.4 is 10.2 Å². The molecule has 0 unspecified atom stereocenters. The van der Waals surface area contributed by atoms with E-state index < -0.39 is 5.97 Å². The summed E-state index contributed by atoms with van der Waals surface area (Å²) in [5.74, 6) is -0.695. The second-order valence-corrected chi connectivity index (χ2v) is 9.16. The highest BCUT2D eigenvalue weighted by Crippen LogP contribution is 2.39. The Hall–Kier alpha value is -2.46. The van der Waals surface area contributed by atoms with E-state index >= 15 is 0 Å². The van der Waals surface area contributed by atoms with Gasteiger partial charge in [-0.15, -0.1) is 10.2 Å². The van der Waals surface area contributed by atoms with E-state index in [2.05, 4.69) is 20.5 Å². The molecule has 174 valence electrons. The molecule has 3 rings (SSSR count). The van der Waals surface area contributed by atoms with Crippen LogP contribution >= 0.6 is 46.1 Å². The molecule has 0 aliphatic carbocycles. The summed E-state index contributed by atoms with van der Waals surface area (Å²) in [5, 5.41) is 12.7. The van der Waals surface area contributed by atoms with Crippen molar-refractivity contribution in [2.75, 3.05) is 30.4 Å². The van der Waals surface area contributed by atoms with Crippen molar-refractivity contribution in [3.8, 4) is 0 Å². The third-order valence-corrected chi connectivity index (χ3v) is 6.35. The summed E-state index contributed by atoms with van der Waals surface area (Å²) in [4.78, 5) is 29.8. The number of fused-ring (bicyclic) bond motifs is 1. The number of aromatic nitrogens is 1. The SMILES string of the molecule is CCCN(CC(=O)OC)c1cc(NC(C)=O)c(N=Nc2nc3cc(Cl)c(Cl)cc3s2)cc1Cl. The van der Waals surface area contributed by atoms with Gasteiger partial charge in [0, 0.05) is 13.5 Å². The number of azo groups is 1. The van der Waals surface area contributed by atoms with E-state index in [-0.39, 0.29) is 12.5 Å². The number of carbonyl (C=O) groups is 2. The number of amides is 1. The summed E-state index contributed by atoms with van der Waals surface area (Å²) in [6.07, 6.45) is 0.774. The maximum absolute atomic E-state index is 11.9. The molecule has 0 saturated carbocycles. The van der Waals surface area contributed by atoms with Crippen molar-refractivity contribution in [3.05, 3.63) is 39.3 Å². The van der Waals surface area contributed by atoms with Crippen LogP contribution in [0.3, 0.4) is 0 Å². The van der Waals surface area contributed by atoms with Crippen LogP contribution in [0.1, 0.15) is 20.3 Å². The summed E-state index contributed by atoms with van der Waals surface area (Å²) in [5.41, 5.74) is 1.94. The molecule has 2 aromatic carbocycles. The second kappa shape index (κ2) is 11.1. The highest BCUT2D eigenvalue weighted by atomic mass is 35.5. The van der Waals surface area contributed by atoms with E-state index in [1.54, 1.807) is 29.2 Å². The van der Waals surface area contributed by atoms with Crippen LogP contribution in [0.5, 0.6) is 0 Å². The zero-order valence-corrected chi connectivity index (χ0v) is 21.1. The standard InChI is InChI=1S/C21H20Cl3N5O3S/c1-4-5-29(10-20(31)32-3)18-9-15(25-11(2)30)16(7-14(18)24)27-28-21-26-17-6-12(22)13(23)8-19(17)33-21/h6-9H,4-5,10H2,1-3H3,(H,25,30). The van der Waals surface area contributed by atoms with Gasteiger partial charge in [0.1, 0.15) is 12.2 Å². The molecule has 0 aliphatic heterocycles. The number of rotatable bonds is 8. The zero-order chi connectivity index (χ0) is 24.1. The number of hydrogen-bond donors (Lipinski definition) is 1. The Morgan fingerprint density at radius 2 is 1.85 bits per heavy atom. The van der Waals surface area contributed by atoms with Crippen molar-refractivity contribution in [1.29, 1.82) is 0 Å². The van der Waals surface area contributed by atoms with Gasteiger partial charge >= 0.3 is 5.97 Å². The number of methoxy groups -OCH3 is 1. The summed E-state index contributed by atoms with van der Waals surface area (Å²) in [7, 11) is 1.32. The van der Waals surface area contributed by atoms with Gasteiger partial charge in [-0.3, -0.25) is 9.59 Å². The molecule has 1 aromatic heterocycles. The molecule has 33 heavy (non-hydrogen) atoms. The largest absolute Gasteiger partial charge is 0.468 e. The number of ether oxygens (including phenoxy) is 1. The molecule has 0 saturated heterocycles. The molecule has 0 fully saturated rings. The number of nitrogens with zero attached hydrogens (tertiary/aromatic N) is 4. The number of esters is 1. The fraction of sp³-hybridized carbons (Fsp3) is 0.286. The minimum absolute atomic E-state index is 0.0151. The summed E-state index contributed by atoms with van der Waals surface area (Å²) >= 11 is 19.9. The molecule has 8 nitrogen and oxygen atoms in total. The smallest absolute Gasteiger partial charge is 0.325 e. The lowest BCUT2D eigenvalue weighted by atomic mass is 10.2. The second-order valence-electron chi connectivity index (χ2n) is 6.93. The van der Waals surface area contributed by atoms with Crippen LogP contribution in [-0.2, 0) is 14.3 Å². The van der Waals surface area contributed by atoms with E-state index in [9.17, 15) is 9.59 Å². The molecule has 0 aliphatic rings. The van der Waals surface area contributed by atoms with Crippen molar-refractivity contribution in [2.45, 2.75) is 20.3 Å². The number of thiazole rings is 1. The molecule has 3 aromatic rings. The van der Waals surface area contributed by atoms with Crippen LogP contribution in [0.25, 0.3) is 10.2 Å². The summed E-state index contributed by atoms with van der Waals surface area (Å²) < 4.78 is 5.60. The number of hydrogen-bond acceptors (Lipinski definition) is 8. The Balaban J connectivity index is 1.99. The maximum atomic E-state index is 11.9. The quantitative estimate of drug-likeness (QED) is 0.250. The Morgan fingerprint density at radius 1 is 1.12 bits per heavy atom. The first-order valence-electron chi connectivity index (χ1n) is 9.82. The van der Waals surface area contributed by atoms with Gasteiger partial charge in [0.05, 0.1) is 43.8 Å². The first-order chi connectivity index (χ1) is 15.7. The van der Waals surface area contributed by atoms with Crippen molar-refractivity contribution in [2.24, 2.45) is 10.2 Å². The Morgan fingerprint density at radius 3 is 2.52 bits per heavy atom. The molecule has 1 amide bonds. The highest BCUT2D eigenvalue weighted by Gasteiger charge is 2.18. The predicted molar refractivity (Wildman–Crippen MR) is 134 cm³/mol.